The first-order valence-electron chi connectivity index (χ1n) is 7.51. The maximum Gasteiger partial charge on any atom is 0.240 e. The zero-order chi connectivity index (χ0) is 16.0. The number of hydrogen-bond donors (Lipinski definition) is 3. The Morgan fingerprint density at radius 2 is 1.83 bits per heavy atom. The Balaban J connectivity index is 0.00000264. The van der Waals surface area contributed by atoms with Crippen LogP contribution in [0.3, 0.4) is 0 Å². The van der Waals surface area contributed by atoms with Gasteiger partial charge in [0, 0.05) is 32.4 Å². The van der Waals surface area contributed by atoms with Crippen LogP contribution in [0.2, 0.25) is 0 Å². The zero-order valence-electron chi connectivity index (χ0n) is 13.3. The van der Waals surface area contributed by atoms with Gasteiger partial charge in [0.1, 0.15) is 0 Å². The lowest BCUT2D eigenvalue weighted by molar-refractivity contribution is -0.129. The molecule has 0 aromatic heterocycles. The molecule has 1 aromatic carbocycles. The summed E-state index contributed by atoms with van der Waals surface area (Å²) in [5, 5.41) is 5.62. The molecule has 6 nitrogen and oxygen atoms in total. The van der Waals surface area contributed by atoms with Gasteiger partial charge in [-0.05, 0) is 37.0 Å². The van der Waals surface area contributed by atoms with Gasteiger partial charge in [-0.25, -0.2) is 0 Å². The number of amides is 2. The van der Waals surface area contributed by atoms with E-state index in [0.717, 1.165) is 17.7 Å². The fourth-order valence-corrected chi connectivity index (χ4v) is 2.42. The van der Waals surface area contributed by atoms with E-state index in [2.05, 4.69) is 10.6 Å². The number of ether oxygens (including phenoxy) is 1. The first kappa shape index (κ1) is 19.4. The zero-order valence-corrected chi connectivity index (χ0v) is 14.1. The van der Waals surface area contributed by atoms with E-state index in [0.29, 0.717) is 32.6 Å². The highest BCUT2D eigenvalue weighted by atomic mass is 35.5. The van der Waals surface area contributed by atoms with Gasteiger partial charge in [-0.1, -0.05) is 12.1 Å². The van der Waals surface area contributed by atoms with Crippen molar-refractivity contribution in [1.29, 1.82) is 0 Å². The van der Waals surface area contributed by atoms with E-state index >= 15 is 0 Å². The summed E-state index contributed by atoms with van der Waals surface area (Å²) in [5.41, 5.74) is 7.18. The molecule has 1 fully saturated rings. The summed E-state index contributed by atoms with van der Waals surface area (Å²) in [6.07, 6.45) is 1.84. The maximum absolute atomic E-state index is 12.1. The van der Waals surface area contributed by atoms with Crippen LogP contribution in [0.25, 0.3) is 0 Å². The number of hydrogen-bond acceptors (Lipinski definition) is 4. The van der Waals surface area contributed by atoms with Crippen LogP contribution in [0, 0.1) is 0 Å². The molecule has 1 saturated heterocycles. The third-order valence-electron chi connectivity index (χ3n) is 3.81. The van der Waals surface area contributed by atoms with Gasteiger partial charge in [0.05, 0.1) is 5.54 Å². The molecule has 4 N–H and O–H groups in total. The molecule has 0 spiro atoms. The van der Waals surface area contributed by atoms with E-state index in [1.165, 1.54) is 6.92 Å². The molecule has 1 heterocycles. The fraction of sp³-hybridized carbons (Fsp3) is 0.500. The van der Waals surface area contributed by atoms with Crippen LogP contribution in [-0.2, 0) is 20.7 Å². The summed E-state index contributed by atoms with van der Waals surface area (Å²) in [7, 11) is 0. The van der Waals surface area contributed by atoms with Crippen LogP contribution in [0.1, 0.15) is 25.3 Å². The van der Waals surface area contributed by atoms with E-state index in [4.69, 9.17) is 10.5 Å². The molecule has 1 aliphatic rings. The van der Waals surface area contributed by atoms with Gasteiger partial charge >= 0.3 is 0 Å². The molecule has 0 unspecified atom stereocenters. The largest absolute Gasteiger partial charge is 0.381 e. The highest BCUT2D eigenvalue weighted by Crippen LogP contribution is 2.17. The molecule has 2 amide bonds. The first-order chi connectivity index (χ1) is 10.5. The van der Waals surface area contributed by atoms with Gasteiger partial charge < -0.3 is 21.1 Å². The predicted molar refractivity (Wildman–Crippen MR) is 91.7 cm³/mol. The van der Waals surface area contributed by atoms with Gasteiger partial charge in [0.2, 0.25) is 11.8 Å². The molecule has 0 aliphatic carbocycles. The standard InChI is InChI=1S/C16H23N3O3.ClH/c1-12(20)19-14-4-2-13(3-5-14)6-9-18-15(21)16(17)7-10-22-11-8-16;/h2-5H,6-11,17H2,1H3,(H,18,21)(H,19,20);1H. The minimum atomic E-state index is -0.798. The third kappa shape index (κ3) is 5.82. The van der Waals surface area contributed by atoms with Crippen molar-refractivity contribution in [2.24, 2.45) is 5.73 Å². The Labute approximate surface area is 142 Å². The molecule has 0 saturated carbocycles. The van der Waals surface area contributed by atoms with Crippen LogP contribution >= 0.6 is 12.4 Å². The topological polar surface area (TPSA) is 93.5 Å². The van der Waals surface area contributed by atoms with E-state index in [1.54, 1.807) is 0 Å². The number of benzene rings is 1. The Hall–Kier alpha value is -1.63. The van der Waals surface area contributed by atoms with Gasteiger partial charge in [0.15, 0.2) is 0 Å². The summed E-state index contributed by atoms with van der Waals surface area (Å²) in [4.78, 5) is 23.1. The van der Waals surface area contributed by atoms with E-state index < -0.39 is 5.54 Å². The lowest BCUT2D eigenvalue weighted by Crippen LogP contribution is -2.57. The Bertz CT molecular complexity index is 528. The van der Waals surface area contributed by atoms with Crippen LogP contribution in [0.15, 0.2) is 24.3 Å². The summed E-state index contributed by atoms with van der Waals surface area (Å²) >= 11 is 0. The van der Waals surface area contributed by atoms with Gasteiger partial charge in [0.25, 0.3) is 0 Å². The number of halogens is 1. The highest BCUT2D eigenvalue weighted by Gasteiger charge is 2.35. The van der Waals surface area contributed by atoms with Crippen molar-refractivity contribution in [3.63, 3.8) is 0 Å². The molecular formula is C16H24ClN3O3. The van der Waals surface area contributed by atoms with Crippen LogP contribution < -0.4 is 16.4 Å². The van der Waals surface area contributed by atoms with E-state index in [-0.39, 0.29) is 24.2 Å². The van der Waals surface area contributed by atoms with Gasteiger partial charge in [-0.3, -0.25) is 9.59 Å². The molecule has 1 aliphatic heterocycles. The second-order valence-corrected chi connectivity index (χ2v) is 5.65. The van der Waals surface area contributed by atoms with Crippen molar-refractivity contribution in [1.82, 2.24) is 5.32 Å². The molecule has 23 heavy (non-hydrogen) atoms. The predicted octanol–water partition coefficient (Wildman–Crippen LogP) is 1.23. The Morgan fingerprint density at radius 3 is 2.39 bits per heavy atom. The normalized spacial score (nSPS) is 16.1. The minimum absolute atomic E-state index is 0. The van der Waals surface area contributed by atoms with Crippen molar-refractivity contribution >= 4 is 29.9 Å². The lowest BCUT2D eigenvalue weighted by atomic mass is 9.90. The third-order valence-corrected chi connectivity index (χ3v) is 3.81. The molecule has 2 rings (SSSR count). The van der Waals surface area contributed by atoms with Crippen LogP contribution in [-0.4, -0.2) is 37.1 Å². The number of carbonyl (C=O) groups excluding carboxylic acids is 2. The second kappa shape index (κ2) is 8.86. The van der Waals surface area contributed by atoms with Crippen molar-refractivity contribution in [2.75, 3.05) is 25.1 Å². The minimum Gasteiger partial charge on any atom is -0.381 e. The SMILES string of the molecule is CC(=O)Nc1ccc(CCNC(=O)C2(N)CCOCC2)cc1.Cl. The smallest absolute Gasteiger partial charge is 0.240 e. The first-order valence-corrected chi connectivity index (χ1v) is 7.51. The van der Waals surface area contributed by atoms with Crippen LogP contribution in [0.5, 0.6) is 0 Å². The molecule has 128 valence electrons. The number of carbonyl (C=O) groups is 2. The van der Waals surface area contributed by atoms with Crippen molar-refractivity contribution < 1.29 is 14.3 Å². The molecule has 0 atom stereocenters. The molecule has 1 aromatic rings. The summed E-state index contributed by atoms with van der Waals surface area (Å²) in [5.74, 6) is -0.199. The molecule has 7 heteroatoms. The maximum atomic E-state index is 12.1. The number of anilines is 1. The Morgan fingerprint density at radius 1 is 1.22 bits per heavy atom. The second-order valence-electron chi connectivity index (χ2n) is 5.65. The van der Waals surface area contributed by atoms with Gasteiger partial charge in [-0.2, -0.15) is 0 Å². The number of nitrogens with two attached hydrogens (primary N) is 1. The van der Waals surface area contributed by atoms with Crippen LogP contribution in [0.4, 0.5) is 5.69 Å². The number of nitrogens with one attached hydrogen (secondary N) is 2. The monoisotopic (exact) mass is 341 g/mol. The Kier molecular flexibility index (Phi) is 7.48. The molecular weight excluding hydrogens is 318 g/mol. The fourth-order valence-electron chi connectivity index (χ4n) is 2.42. The molecule has 0 radical (unpaired) electrons. The summed E-state index contributed by atoms with van der Waals surface area (Å²) < 4.78 is 5.24. The van der Waals surface area contributed by atoms with Gasteiger partial charge in [-0.15, -0.1) is 12.4 Å². The summed E-state index contributed by atoms with van der Waals surface area (Å²) in [6.45, 7) is 3.09. The number of rotatable bonds is 5. The molecule has 0 bridgehead atoms. The quantitative estimate of drug-likeness (QED) is 0.751. The van der Waals surface area contributed by atoms with Crippen molar-refractivity contribution in [3.05, 3.63) is 29.8 Å². The average molecular weight is 342 g/mol. The lowest BCUT2D eigenvalue weighted by Gasteiger charge is -2.31. The summed E-state index contributed by atoms with van der Waals surface area (Å²) in [6, 6.07) is 7.57. The van der Waals surface area contributed by atoms with E-state index in [1.807, 2.05) is 24.3 Å². The van der Waals surface area contributed by atoms with E-state index in [9.17, 15) is 9.59 Å². The van der Waals surface area contributed by atoms with Crippen molar-refractivity contribution in [2.45, 2.75) is 31.7 Å². The highest BCUT2D eigenvalue weighted by molar-refractivity contribution is 5.88. The average Bonchev–Trinajstić information content (AvgIpc) is 2.49. The van der Waals surface area contributed by atoms with Crippen molar-refractivity contribution in [3.8, 4) is 0 Å².